The van der Waals surface area contributed by atoms with Crippen LogP contribution in [0.25, 0.3) is 0 Å². The molecule has 0 atom stereocenters. The molecule has 5 heteroatoms. The van der Waals surface area contributed by atoms with Crippen molar-refractivity contribution in [2.75, 3.05) is 10.6 Å². The average molecular weight is 345 g/mol. The first kappa shape index (κ1) is 17.4. The van der Waals surface area contributed by atoms with Gasteiger partial charge in [0.2, 0.25) is 0 Å². The highest BCUT2D eigenvalue weighted by Gasteiger charge is 2.09. The molecule has 26 heavy (non-hydrogen) atoms. The largest absolute Gasteiger partial charge is 0.322 e. The van der Waals surface area contributed by atoms with Gasteiger partial charge in [-0.3, -0.25) is 14.6 Å². The number of anilines is 2. The van der Waals surface area contributed by atoms with Gasteiger partial charge >= 0.3 is 0 Å². The van der Waals surface area contributed by atoms with Crippen LogP contribution in [0.5, 0.6) is 0 Å². The van der Waals surface area contributed by atoms with Crippen LogP contribution in [0.15, 0.2) is 67.0 Å². The molecule has 2 aromatic carbocycles. The van der Waals surface area contributed by atoms with Crippen molar-refractivity contribution in [1.82, 2.24) is 4.98 Å². The van der Waals surface area contributed by atoms with Crippen molar-refractivity contribution >= 4 is 23.2 Å². The molecule has 130 valence electrons. The Morgan fingerprint density at radius 2 is 1.27 bits per heavy atom. The molecule has 1 aromatic heterocycles. The van der Waals surface area contributed by atoms with E-state index in [1.165, 1.54) is 0 Å². The molecular weight excluding hydrogens is 326 g/mol. The molecule has 0 saturated carbocycles. The Morgan fingerprint density at radius 1 is 0.731 bits per heavy atom. The molecule has 0 aliphatic heterocycles. The highest BCUT2D eigenvalue weighted by Crippen LogP contribution is 2.18. The van der Waals surface area contributed by atoms with Crippen LogP contribution < -0.4 is 10.6 Å². The monoisotopic (exact) mass is 345 g/mol. The Balaban J connectivity index is 1.73. The summed E-state index contributed by atoms with van der Waals surface area (Å²) in [5.41, 5.74) is 4.41. The van der Waals surface area contributed by atoms with Crippen LogP contribution in [0, 0.1) is 13.8 Å². The van der Waals surface area contributed by atoms with Crippen LogP contribution in [0.2, 0.25) is 0 Å². The Hall–Kier alpha value is -3.47. The summed E-state index contributed by atoms with van der Waals surface area (Å²) >= 11 is 0. The molecule has 2 amide bonds. The molecule has 2 N–H and O–H groups in total. The fourth-order valence-corrected chi connectivity index (χ4v) is 2.69. The lowest BCUT2D eigenvalue weighted by atomic mass is 10.1. The van der Waals surface area contributed by atoms with Gasteiger partial charge in [-0.2, -0.15) is 0 Å². The first-order valence-corrected chi connectivity index (χ1v) is 8.22. The fourth-order valence-electron chi connectivity index (χ4n) is 2.69. The number of aromatic nitrogens is 1. The third kappa shape index (κ3) is 4.33. The molecule has 0 radical (unpaired) electrons. The Labute approximate surface area is 152 Å². The molecule has 0 bridgehead atoms. The van der Waals surface area contributed by atoms with Gasteiger partial charge in [0.25, 0.3) is 11.8 Å². The molecule has 0 aliphatic rings. The van der Waals surface area contributed by atoms with Gasteiger partial charge in [0.05, 0.1) is 0 Å². The minimum absolute atomic E-state index is 0.186. The van der Waals surface area contributed by atoms with Crippen molar-refractivity contribution in [2.45, 2.75) is 13.8 Å². The molecule has 0 aliphatic carbocycles. The lowest BCUT2D eigenvalue weighted by Crippen LogP contribution is -2.14. The number of rotatable bonds is 4. The van der Waals surface area contributed by atoms with Gasteiger partial charge < -0.3 is 10.6 Å². The van der Waals surface area contributed by atoms with E-state index < -0.39 is 0 Å². The van der Waals surface area contributed by atoms with Gasteiger partial charge in [-0.15, -0.1) is 0 Å². The number of carbonyl (C=O) groups excluding carboxylic acids is 2. The van der Waals surface area contributed by atoms with Crippen LogP contribution in [0.4, 0.5) is 11.4 Å². The summed E-state index contributed by atoms with van der Waals surface area (Å²) in [5.74, 6) is -0.417. The number of nitrogens with one attached hydrogen (secondary N) is 2. The smallest absolute Gasteiger partial charge is 0.255 e. The quantitative estimate of drug-likeness (QED) is 0.744. The number of carbonyl (C=O) groups is 2. The summed E-state index contributed by atoms with van der Waals surface area (Å²) in [6.45, 7) is 3.91. The van der Waals surface area contributed by atoms with E-state index in [4.69, 9.17) is 0 Å². The maximum absolute atomic E-state index is 12.5. The number of hydrogen-bond donors (Lipinski definition) is 2. The number of benzene rings is 2. The van der Waals surface area contributed by atoms with Crippen molar-refractivity contribution in [3.05, 3.63) is 89.2 Å². The zero-order chi connectivity index (χ0) is 18.5. The molecule has 3 rings (SSSR count). The second-order valence-corrected chi connectivity index (χ2v) is 6.10. The topological polar surface area (TPSA) is 71.1 Å². The normalized spacial score (nSPS) is 10.2. The minimum atomic E-state index is -0.231. The summed E-state index contributed by atoms with van der Waals surface area (Å²) in [5, 5.41) is 5.68. The number of aryl methyl sites for hydroxylation is 2. The van der Waals surface area contributed by atoms with Gasteiger partial charge in [-0.05, 0) is 56.3 Å². The second kappa shape index (κ2) is 7.61. The summed E-state index contributed by atoms with van der Waals surface area (Å²) in [7, 11) is 0. The van der Waals surface area contributed by atoms with Crippen LogP contribution in [0.3, 0.4) is 0 Å². The number of nitrogens with zero attached hydrogens (tertiary/aromatic N) is 1. The van der Waals surface area contributed by atoms with Crippen LogP contribution >= 0.6 is 0 Å². The van der Waals surface area contributed by atoms with Crippen LogP contribution in [-0.4, -0.2) is 16.8 Å². The predicted molar refractivity (Wildman–Crippen MR) is 103 cm³/mol. The van der Waals surface area contributed by atoms with E-state index in [1.54, 1.807) is 48.8 Å². The first-order valence-electron chi connectivity index (χ1n) is 8.22. The minimum Gasteiger partial charge on any atom is -0.322 e. The van der Waals surface area contributed by atoms with E-state index in [1.807, 2.05) is 32.0 Å². The van der Waals surface area contributed by atoms with Gasteiger partial charge in [0.15, 0.2) is 0 Å². The lowest BCUT2D eigenvalue weighted by Gasteiger charge is -2.10. The van der Waals surface area contributed by atoms with Crippen LogP contribution in [-0.2, 0) is 0 Å². The molecule has 0 saturated heterocycles. The SMILES string of the molecule is Cc1cc(C)cc(C(=O)Nc2cccc(NC(=O)c3ccncc3)c2)c1. The number of pyridine rings is 1. The number of amides is 2. The zero-order valence-electron chi connectivity index (χ0n) is 14.6. The summed E-state index contributed by atoms with van der Waals surface area (Å²) < 4.78 is 0. The molecule has 0 fully saturated rings. The van der Waals surface area contributed by atoms with Gasteiger partial charge in [-0.25, -0.2) is 0 Å². The third-order valence-electron chi connectivity index (χ3n) is 3.80. The fraction of sp³-hybridized carbons (Fsp3) is 0.0952. The van der Waals surface area contributed by atoms with E-state index in [0.717, 1.165) is 11.1 Å². The molecular formula is C21H19N3O2. The molecule has 0 spiro atoms. The van der Waals surface area contributed by atoms with E-state index in [-0.39, 0.29) is 11.8 Å². The average Bonchev–Trinajstić information content (AvgIpc) is 2.62. The van der Waals surface area contributed by atoms with Crippen molar-refractivity contribution in [2.24, 2.45) is 0 Å². The lowest BCUT2D eigenvalue weighted by molar-refractivity contribution is 0.101. The van der Waals surface area contributed by atoms with E-state index in [9.17, 15) is 9.59 Å². The van der Waals surface area contributed by atoms with Gasteiger partial charge in [0.1, 0.15) is 0 Å². The Kier molecular flexibility index (Phi) is 5.08. The third-order valence-corrected chi connectivity index (χ3v) is 3.80. The first-order chi connectivity index (χ1) is 12.5. The van der Waals surface area contributed by atoms with E-state index in [2.05, 4.69) is 15.6 Å². The Bertz CT molecular complexity index is 932. The molecule has 5 nitrogen and oxygen atoms in total. The van der Waals surface area contributed by atoms with Crippen molar-refractivity contribution in [3.63, 3.8) is 0 Å². The van der Waals surface area contributed by atoms with Crippen molar-refractivity contribution in [3.8, 4) is 0 Å². The van der Waals surface area contributed by atoms with Crippen molar-refractivity contribution < 1.29 is 9.59 Å². The highest BCUT2D eigenvalue weighted by molar-refractivity contribution is 6.06. The Morgan fingerprint density at radius 3 is 1.85 bits per heavy atom. The summed E-state index contributed by atoms with van der Waals surface area (Å²) in [6.07, 6.45) is 3.13. The second-order valence-electron chi connectivity index (χ2n) is 6.10. The van der Waals surface area contributed by atoms with Crippen molar-refractivity contribution in [1.29, 1.82) is 0 Å². The van der Waals surface area contributed by atoms with E-state index >= 15 is 0 Å². The summed E-state index contributed by atoms with van der Waals surface area (Å²) in [4.78, 5) is 28.6. The highest BCUT2D eigenvalue weighted by atomic mass is 16.2. The number of hydrogen-bond acceptors (Lipinski definition) is 3. The van der Waals surface area contributed by atoms with Crippen LogP contribution in [0.1, 0.15) is 31.8 Å². The predicted octanol–water partition coefficient (Wildman–Crippen LogP) is 4.20. The standard InChI is InChI=1S/C21H19N3O2/c1-14-10-15(2)12-17(11-14)21(26)24-19-5-3-4-18(13-19)23-20(25)16-6-8-22-9-7-16/h3-13H,1-2H3,(H,23,25)(H,24,26). The maximum atomic E-state index is 12.5. The van der Waals surface area contributed by atoms with Gasteiger partial charge in [0, 0.05) is 34.9 Å². The zero-order valence-corrected chi connectivity index (χ0v) is 14.6. The molecule has 1 heterocycles. The summed E-state index contributed by atoms with van der Waals surface area (Å²) in [6, 6.07) is 16.0. The van der Waals surface area contributed by atoms with E-state index in [0.29, 0.717) is 22.5 Å². The molecule has 3 aromatic rings. The van der Waals surface area contributed by atoms with Gasteiger partial charge in [-0.1, -0.05) is 23.3 Å². The molecule has 0 unspecified atom stereocenters. The maximum Gasteiger partial charge on any atom is 0.255 e.